The molecule has 0 saturated carbocycles. The molecule has 0 atom stereocenters. The largest absolute Gasteiger partial charge is 0.483 e. The lowest BCUT2D eigenvalue weighted by atomic mass is 10.1. The third kappa shape index (κ3) is 3.71. The van der Waals surface area contributed by atoms with Crippen molar-refractivity contribution in [1.82, 2.24) is 9.47 Å². The molecule has 0 aliphatic carbocycles. The maximum atomic E-state index is 11.5. The lowest BCUT2D eigenvalue weighted by Gasteiger charge is -2.31. The Morgan fingerprint density at radius 2 is 2.32 bits per heavy atom. The number of carbonyl (C=O) groups excluding carboxylic acids is 1. The van der Waals surface area contributed by atoms with Gasteiger partial charge in [0.15, 0.2) is 35.2 Å². The Morgan fingerprint density at radius 1 is 1.59 bits per heavy atom. The van der Waals surface area contributed by atoms with E-state index in [2.05, 4.69) is 11.1 Å². The molecule has 0 unspecified atom stereocenters. The summed E-state index contributed by atoms with van der Waals surface area (Å²) in [5.74, 6) is 0.603. The van der Waals surface area contributed by atoms with E-state index in [9.17, 15) is 10.1 Å². The van der Waals surface area contributed by atoms with E-state index in [0.29, 0.717) is 31.1 Å². The van der Waals surface area contributed by atoms with Crippen molar-refractivity contribution in [3.8, 4) is 6.07 Å². The zero-order valence-electron chi connectivity index (χ0n) is 12.2. The molecule has 1 aromatic rings. The Balaban J connectivity index is 2.12. The molecule has 0 aromatic carbocycles. The van der Waals surface area contributed by atoms with E-state index >= 15 is 0 Å². The minimum atomic E-state index is -0.307. The molecule has 22 heavy (non-hydrogen) atoms. The summed E-state index contributed by atoms with van der Waals surface area (Å²) < 4.78 is 11.8. The topological polar surface area (TPSA) is 79.9 Å². The molecule has 1 aliphatic rings. The van der Waals surface area contributed by atoms with Gasteiger partial charge in [-0.3, -0.25) is 0 Å². The van der Waals surface area contributed by atoms with Crippen LogP contribution in [0, 0.1) is 11.3 Å². The first-order chi connectivity index (χ1) is 10.7. The van der Waals surface area contributed by atoms with E-state index in [1.807, 2.05) is 17.7 Å². The number of halogens is 1. The number of carbonyl (C=O) groups is 1. The van der Waals surface area contributed by atoms with Gasteiger partial charge in [0.05, 0.1) is 12.2 Å². The second kappa shape index (κ2) is 8.03. The summed E-state index contributed by atoms with van der Waals surface area (Å²) in [7, 11) is 0. The van der Waals surface area contributed by atoms with Crippen molar-refractivity contribution in [3.63, 3.8) is 0 Å². The summed E-state index contributed by atoms with van der Waals surface area (Å²) in [6, 6.07) is 4.10. The van der Waals surface area contributed by atoms with Crippen LogP contribution in [0.15, 0.2) is 17.3 Å². The molecular weight excluding hydrogens is 399 g/mol. The van der Waals surface area contributed by atoms with Gasteiger partial charge < -0.3 is 17.3 Å². The van der Waals surface area contributed by atoms with Crippen LogP contribution in [0.2, 0.25) is 0 Å². The van der Waals surface area contributed by atoms with Gasteiger partial charge in [-0.1, -0.05) is 0 Å². The lowest BCUT2D eigenvalue weighted by molar-refractivity contribution is 0.145. The highest BCUT2D eigenvalue weighted by Crippen LogP contribution is 2.30. The number of nitriles is 1. The van der Waals surface area contributed by atoms with Crippen molar-refractivity contribution in [1.29, 1.82) is 5.26 Å². The summed E-state index contributed by atoms with van der Waals surface area (Å²) in [6.07, 6.45) is 4.52. The fourth-order valence-corrected chi connectivity index (χ4v) is 2.77. The van der Waals surface area contributed by atoms with Crippen LogP contribution in [0.5, 0.6) is 0 Å². The Morgan fingerprint density at radius 3 is 2.91 bits per heavy atom. The third-order valence-corrected chi connectivity index (χ3v) is 3.98. The standard InChI is InChI=1S/C14H17IN4O3/c1-2-21-10-17-13-11(9-16)3-8-19(13)12-4-6-18(7-5-12)14(20)22-15/h3,8,10,12H,2,4-7H2,1H3. The van der Waals surface area contributed by atoms with E-state index in [1.54, 1.807) is 34.0 Å². The molecule has 0 N–H and O–H groups in total. The fourth-order valence-electron chi connectivity index (χ4n) is 2.49. The Hall–Kier alpha value is -1.76. The van der Waals surface area contributed by atoms with Gasteiger partial charge in [0.2, 0.25) is 0 Å². The van der Waals surface area contributed by atoms with Crippen molar-refractivity contribution in [2.24, 2.45) is 4.99 Å². The summed E-state index contributed by atoms with van der Waals surface area (Å²) in [5, 5.41) is 9.19. The number of nitrogens with zero attached hydrogens (tertiary/aromatic N) is 4. The molecule has 8 heteroatoms. The van der Waals surface area contributed by atoms with Crippen molar-refractivity contribution in [2.75, 3.05) is 19.7 Å². The van der Waals surface area contributed by atoms with Crippen molar-refractivity contribution in [2.45, 2.75) is 25.8 Å². The summed E-state index contributed by atoms with van der Waals surface area (Å²) in [6.45, 7) is 3.66. The predicted molar refractivity (Wildman–Crippen MR) is 89.3 cm³/mol. The molecule has 118 valence electrons. The summed E-state index contributed by atoms with van der Waals surface area (Å²) in [5.41, 5.74) is 0.519. The Bertz CT molecular complexity index is 585. The molecule has 1 saturated heterocycles. The van der Waals surface area contributed by atoms with Crippen molar-refractivity contribution < 1.29 is 12.6 Å². The van der Waals surface area contributed by atoms with E-state index in [-0.39, 0.29) is 12.1 Å². The monoisotopic (exact) mass is 416 g/mol. The van der Waals surface area contributed by atoms with Crippen LogP contribution in [-0.4, -0.2) is 41.7 Å². The van der Waals surface area contributed by atoms with E-state index in [4.69, 9.17) is 7.80 Å². The first kappa shape index (κ1) is 16.6. The van der Waals surface area contributed by atoms with Gasteiger partial charge in [-0.25, -0.2) is 9.79 Å². The van der Waals surface area contributed by atoms with Crippen LogP contribution in [0.25, 0.3) is 0 Å². The maximum absolute atomic E-state index is 11.5. The van der Waals surface area contributed by atoms with Gasteiger partial charge in [-0.15, -0.1) is 0 Å². The summed E-state index contributed by atoms with van der Waals surface area (Å²) in [4.78, 5) is 17.4. The number of rotatable bonds is 4. The maximum Gasteiger partial charge on any atom is 0.419 e. The molecular formula is C14H17IN4O3. The minimum Gasteiger partial charge on any atom is -0.483 e. The van der Waals surface area contributed by atoms with Crippen LogP contribution >= 0.6 is 23.0 Å². The number of aliphatic imine (C=N–C) groups is 1. The minimum absolute atomic E-state index is 0.203. The molecule has 2 heterocycles. The average molecular weight is 416 g/mol. The molecule has 2 rings (SSSR count). The van der Waals surface area contributed by atoms with Crippen molar-refractivity contribution >= 4 is 41.3 Å². The summed E-state index contributed by atoms with van der Waals surface area (Å²) >= 11 is 1.60. The van der Waals surface area contributed by atoms with Gasteiger partial charge >= 0.3 is 6.09 Å². The van der Waals surface area contributed by atoms with Crippen LogP contribution in [0.1, 0.15) is 31.4 Å². The first-order valence-electron chi connectivity index (χ1n) is 7.03. The van der Waals surface area contributed by atoms with Crippen LogP contribution in [0.4, 0.5) is 10.6 Å². The van der Waals surface area contributed by atoms with Gasteiger partial charge in [0.1, 0.15) is 6.07 Å². The highest BCUT2D eigenvalue weighted by Gasteiger charge is 2.26. The smallest absolute Gasteiger partial charge is 0.419 e. The highest BCUT2D eigenvalue weighted by atomic mass is 127. The molecule has 0 bridgehead atoms. The number of hydrogen-bond acceptors (Lipinski definition) is 5. The SMILES string of the molecule is CCOC=Nc1c(C#N)ccn1C1CCN(C(=O)OI)CC1. The number of ether oxygens (including phenoxy) is 1. The molecule has 0 radical (unpaired) electrons. The number of likely N-dealkylation sites (tertiary alicyclic amines) is 1. The second-order valence-electron chi connectivity index (χ2n) is 4.82. The predicted octanol–water partition coefficient (Wildman–Crippen LogP) is 3.18. The quantitative estimate of drug-likeness (QED) is 0.429. The Kier molecular flexibility index (Phi) is 6.06. The number of hydrogen-bond donors (Lipinski definition) is 0. The van der Waals surface area contributed by atoms with Crippen LogP contribution < -0.4 is 0 Å². The molecule has 1 fully saturated rings. The third-order valence-electron chi connectivity index (χ3n) is 3.61. The lowest BCUT2D eigenvalue weighted by Crippen LogP contribution is -2.38. The van der Waals surface area contributed by atoms with E-state index in [0.717, 1.165) is 12.8 Å². The van der Waals surface area contributed by atoms with E-state index < -0.39 is 0 Å². The van der Waals surface area contributed by atoms with Crippen molar-refractivity contribution in [3.05, 3.63) is 17.8 Å². The number of amides is 1. The number of piperidine rings is 1. The number of aromatic nitrogens is 1. The molecule has 1 amide bonds. The molecule has 1 aromatic heterocycles. The molecule has 0 spiro atoms. The first-order valence-corrected chi connectivity index (χ1v) is 7.91. The zero-order chi connectivity index (χ0) is 15.9. The second-order valence-corrected chi connectivity index (χ2v) is 5.26. The van der Waals surface area contributed by atoms with Gasteiger partial charge in [0.25, 0.3) is 0 Å². The van der Waals surface area contributed by atoms with Gasteiger partial charge in [-0.2, -0.15) is 5.26 Å². The Labute approximate surface area is 143 Å². The fraction of sp³-hybridized carbons (Fsp3) is 0.500. The van der Waals surface area contributed by atoms with Crippen LogP contribution in [0.3, 0.4) is 0 Å². The van der Waals surface area contributed by atoms with E-state index in [1.165, 1.54) is 6.40 Å². The van der Waals surface area contributed by atoms with Crippen LogP contribution in [-0.2, 0) is 7.80 Å². The van der Waals surface area contributed by atoms with Gasteiger partial charge in [0, 0.05) is 25.3 Å². The zero-order valence-corrected chi connectivity index (χ0v) is 14.4. The van der Waals surface area contributed by atoms with Gasteiger partial charge in [-0.05, 0) is 25.8 Å². The molecule has 7 nitrogen and oxygen atoms in total. The highest BCUT2D eigenvalue weighted by molar-refractivity contribution is 14.1. The normalized spacial score (nSPS) is 15.8. The molecule has 1 aliphatic heterocycles. The average Bonchev–Trinajstić information content (AvgIpc) is 2.97.